The van der Waals surface area contributed by atoms with E-state index in [4.69, 9.17) is 0 Å². The number of pyridine rings is 1. The molecule has 0 aliphatic carbocycles. The van der Waals surface area contributed by atoms with Crippen molar-refractivity contribution in [1.29, 1.82) is 0 Å². The van der Waals surface area contributed by atoms with Crippen molar-refractivity contribution in [3.05, 3.63) is 40.5 Å². The highest BCUT2D eigenvalue weighted by Crippen LogP contribution is 2.09. The lowest BCUT2D eigenvalue weighted by atomic mass is 10.3. The highest BCUT2D eigenvalue weighted by molar-refractivity contribution is 7.07. The van der Waals surface area contributed by atoms with Gasteiger partial charge in [-0.15, -0.1) is 16.4 Å². The SMILES string of the molecule is Cc1ccn2nc(NCc3cscn3)nc2c1. The maximum atomic E-state index is 4.39. The number of hydrogen-bond donors (Lipinski definition) is 1. The van der Waals surface area contributed by atoms with E-state index in [1.165, 1.54) is 5.56 Å². The predicted molar refractivity (Wildman–Crippen MR) is 67.2 cm³/mol. The molecule has 17 heavy (non-hydrogen) atoms. The molecule has 0 aliphatic rings. The van der Waals surface area contributed by atoms with E-state index >= 15 is 0 Å². The third-order valence-electron chi connectivity index (χ3n) is 2.40. The Labute approximate surface area is 102 Å². The van der Waals surface area contributed by atoms with Crippen molar-refractivity contribution in [2.45, 2.75) is 13.5 Å². The van der Waals surface area contributed by atoms with Gasteiger partial charge in [0.15, 0.2) is 5.65 Å². The molecule has 86 valence electrons. The first-order valence-electron chi connectivity index (χ1n) is 5.25. The summed E-state index contributed by atoms with van der Waals surface area (Å²) in [4.78, 5) is 8.58. The highest BCUT2D eigenvalue weighted by Gasteiger charge is 2.03. The van der Waals surface area contributed by atoms with Crippen molar-refractivity contribution < 1.29 is 0 Å². The first-order chi connectivity index (χ1) is 8.31. The summed E-state index contributed by atoms with van der Waals surface area (Å²) in [5.74, 6) is 0.628. The lowest BCUT2D eigenvalue weighted by Crippen LogP contribution is -2.01. The third-order valence-corrected chi connectivity index (χ3v) is 3.04. The van der Waals surface area contributed by atoms with E-state index in [0.29, 0.717) is 12.5 Å². The van der Waals surface area contributed by atoms with Gasteiger partial charge in [-0.3, -0.25) is 0 Å². The van der Waals surface area contributed by atoms with E-state index in [1.807, 2.05) is 36.1 Å². The molecule has 0 unspecified atom stereocenters. The number of aryl methyl sites for hydroxylation is 1. The monoisotopic (exact) mass is 245 g/mol. The van der Waals surface area contributed by atoms with E-state index in [-0.39, 0.29) is 0 Å². The Balaban J connectivity index is 1.81. The second-order valence-electron chi connectivity index (χ2n) is 3.78. The first-order valence-corrected chi connectivity index (χ1v) is 6.19. The van der Waals surface area contributed by atoms with E-state index in [0.717, 1.165) is 11.3 Å². The number of nitrogens with one attached hydrogen (secondary N) is 1. The molecule has 0 radical (unpaired) electrons. The molecule has 1 N–H and O–H groups in total. The molecule has 6 heteroatoms. The van der Waals surface area contributed by atoms with Gasteiger partial charge in [0.05, 0.1) is 17.7 Å². The van der Waals surface area contributed by atoms with Gasteiger partial charge in [-0.2, -0.15) is 4.98 Å². The fraction of sp³-hybridized carbons (Fsp3) is 0.182. The highest BCUT2D eigenvalue weighted by atomic mass is 32.1. The predicted octanol–water partition coefficient (Wildman–Crippen LogP) is 2.11. The molecule has 3 aromatic heterocycles. The van der Waals surface area contributed by atoms with Crippen molar-refractivity contribution >= 4 is 22.9 Å². The number of anilines is 1. The van der Waals surface area contributed by atoms with Crippen molar-refractivity contribution in [2.24, 2.45) is 0 Å². The zero-order valence-corrected chi connectivity index (χ0v) is 10.1. The van der Waals surface area contributed by atoms with Crippen LogP contribution in [0.25, 0.3) is 5.65 Å². The van der Waals surface area contributed by atoms with Gasteiger partial charge in [-0.25, -0.2) is 9.50 Å². The number of fused-ring (bicyclic) bond motifs is 1. The van der Waals surface area contributed by atoms with Crippen LogP contribution in [0.3, 0.4) is 0 Å². The van der Waals surface area contributed by atoms with Crippen LogP contribution in [0.15, 0.2) is 29.2 Å². The molecule has 5 nitrogen and oxygen atoms in total. The standard InChI is InChI=1S/C11H11N5S/c1-8-2-3-16-10(4-8)14-11(15-16)12-5-9-6-17-7-13-9/h2-4,6-7H,5H2,1H3,(H,12,15). The number of hydrogen-bond acceptors (Lipinski definition) is 5. The average Bonchev–Trinajstić information content (AvgIpc) is 2.94. The summed E-state index contributed by atoms with van der Waals surface area (Å²) in [7, 11) is 0. The topological polar surface area (TPSA) is 55.1 Å². The average molecular weight is 245 g/mol. The zero-order chi connectivity index (χ0) is 11.7. The Bertz CT molecular complexity index is 628. The van der Waals surface area contributed by atoms with Gasteiger partial charge >= 0.3 is 0 Å². The van der Waals surface area contributed by atoms with Gasteiger partial charge in [0.25, 0.3) is 0 Å². The molecule has 3 aromatic rings. The van der Waals surface area contributed by atoms with Crippen LogP contribution in [-0.2, 0) is 6.54 Å². The maximum absolute atomic E-state index is 4.39. The Morgan fingerprint density at radius 3 is 3.24 bits per heavy atom. The van der Waals surface area contributed by atoms with Gasteiger partial charge in [0, 0.05) is 11.6 Å². The minimum Gasteiger partial charge on any atom is -0.347 e. The van der Waals surface area contributed by atoms with E-state index < -0.39 is 0 Å². The zero-order valence-electron chi connectivity index (χ0n) is 9.29. The second-order valence-corrected chi connectivity index (χ2v) is 4.49. The van der Waals surface area contributed by atoms with Crippen molar-refractivity contribution in [1.82, 2.24) is 19.6 Å². The molecule has 0 saturated heterocycles. The number of thiazole rings is 1. The molecular formula is C11H11N5S. The van der Waals surface area contributed by atoms with E-state index in [2.05, 4.69) is 20.4 Å². The smallest absolute Gasteiger partial charge is 0.243 e. The minimum absolute atomic E-state index is 0.628. The summed E-state index contributed by atoms with van der Waals surface area (Å²) in [5, 5.41) is 9.49. The van der Waals surface area contributed by atoms with Gasteiger partial charge in [0.1, 0.15) is 0 Å². The van der Waals surface area contributed by atoms with Crippen molar-refractivity contribution in [2.75, 3.05) is 5.32 Å². The fourth-order valence-electron chi connectivity index (χ4n) is 1.55. The summed E-state index contributed by atoms with van der Waals surface area (Å²) in [5.41, 5.74) is 4.85. The number of aromatic nitrogens is 4. The Morgan fingerprint density at radius 1 is 1.47 bits per heavy atom. The Hall–Kier alpha value is -1.95. The van der Waals surface area contributed by atoms with Crippen LogP contribution >= 0.6 is 11.3 Å². The third kappa shape index (κ3) is 2.12. The molecule has 0 atom stereocenters. The van der Waals surface area contributed by atoms with E-state index in [1.54, 1.807) is 15.9 Å². The van der Waals surface area contributed by atoms with Crippen LogP contribution in [0.4, 0.5) is 5.95 Å². The molecule has 0 saturated carbocycles. The van der Waals surface area contributed by atoms with Crippen molar-refractivity contribution in [3.63, 3.8) is 0 Å². The molecule has 0 spiro atoms. The summed E-state index contributed by atoms with van der Waals surface area (Å²) in [6, 6.07) is 4.01. The Morgan fingerprint density at radius 2 is 2.41 bits per heavy atom. The van der Waals surface area contributed by atoms with Gasteiger partial charge < -0.3 is 5.32 Å². The largest absolute Gasteiger partial charge is 0.347 e. The summed E-state index contributed by atoms with van der Waals surface area (Å²) in [6.07, 6.45) is 1.91. The van der Waals surface area contributed by atoms with Crippen LogP contribution in [0.1, 0.15) is 11.3 Å². The second kappa shape index (κ2) is 4.14. The number of rotatable bonds is 3. The molecule has 0 amide bonds. The van der Waals surface area contributed by atoms with Crippen molar-refractivity contribution in [3.8, 4) is 0 Å². The first kappa shape index (κ1) is 10.2. The summed E-state index contributed by atoms with van der Waals surface area (Å²) < 4.78 is 1.76. The molecule has 0 fully saturated rings. The maximum Gasteiger partial charge on any atom is 0.243 e. The van der Waals surface area contributed by atoms with Crippen LogP contribution in [0.5, 0.6) is 0 Å². The fourth-order valence-corrected chi connectivity index (χ4v) is 2.11. The van der Waals surface area contributed by atoms with Gasteiger partial charge in [-0.05, 0) is 24.6 Å². The Kier molecular flexibility index (Phi) is 2.49. The molecule has 0 aliphatic heterocycles. The minimum atomic E-state index is 0.628. The van der Waals surface area contributed by atoms with Gasteiger partial charge in [-0.1, -0.05) is 0 Å². The quantitative estimate of drug-likeness (QED) is 0.767. The normalized spacial score (nSPS) is 10.9. The van der Waals surface area contributed by atoms with Crippen LogP contribution in [0, 0.1) is 6.92 Å². The molecular weight excluding hydrogens is 234 g/mol. The molecule has 0 aromatic carbocycles. The van der Waals surface area contributed by atoms with E-state index in [9.17, 15) is 0 Å². The molecule has 0 bridgehead atoms. The van der Waals surface area contributed by atoms with Crippen LogP contribution in [-0.4, -0.2) is 19.6 Å². The van der Waals surface area contributed by atoms with Crippen LogP contribution in [0.2, 0.25) is 0 Å². The lowest BCUT2D eigenvalue weighted by molar-refractivity contribution is 0.942. The molecule has 3 rings (SSSR count). The summed E-state index contributed by atoms with van der Waals surface area (Å²) >= 11 is 1.58. The number of nitrogens with zero attached hydrogens (tertiary/aromatic N) is 4. The molecule has 3 heterocycles. The van der Waals surface area contributed by atoms with Crippen LogP contribution < -0.4 is 5.32 Å². The lowest BCUT2D eigenvalue weighted by Gasteiger charge is -1.96. The summed E-state index contributed by atoms with van der Waals surface area (Å²) in [6.45, 7) is 2.69. The van der Waals surface area contributed by atoms with Gasteiger partial charge in [0.2, 0.25) is 5.95 Å².